The van der Waals surface area contributed by atoms with Gasteiger partial charge in [-0.15, -0.1) is 0 Å². The number of benzene rings is 5. The van der Waals surface area contributed by atoms with Crippen molar-refractivity contribution in [3.8, 4) is 11.4 Å². The SMILES string of the molecule is CC(C)CCC[C@@H](C)C1CCC2C3CCC4CC(c5ccc(-n6c7ccccc7c7ccc8c9ccccc9n(-c9ccccc9)c8c76)cc5)CCC4(C)C3CCC21C. The second-order valence-electron chi connectivity index (χ2n) is 21.1. The highest BCUT2D eigenvalue weighted by Crippen LogP contribution is 2.69. The Morgan fingerprint density at radius 1 is 0.542 bits per heavy atom. The van der Waals surface area contributed by atoms with E-state index < -0.39 is 0 Å². The van der Waals surface area contributed by atoms with Gasteiger partial charge in [0.15, 0.2) is 0 Å². The van der Waals surface area contributed by atoms with Crippen molar-refractivity contribution in [2.24, 2.45) is 52.3 Å². The Hall–Kier alpha value is -4.30. The highest BCUT2D eigenvalue weighted by Gasteiger charge is 2.60. The van der Waals surface area contributed by atoms with Gasteiger partial charge in [-0.25, -0.2) is 0 Å². The summed E-state index contributed by atoms with van der Waals surface area (Å²) in [6.45, 7) is 13.0. The van der Waals surface area contributed by atoms with E-state index >= 15 is 0 Å². The Bertz CT molecular complexity index is 2640. The minimum atomic E-state index is 0.521. The van der Waals surface area contributed by atoms with Gasteiger partial charge in [0.25, 0.3) is 0 Å². The first-order valence-corrected chi connectivity index (χ1v) is 23.9. The molecule has 0 saturated heterocycles. The second-order valence-corrected chi connectivity index (χ2v) is 21.1. The van der Waals surface area contributed by atoms with Gasteiger partial charge in [-0.3, -0.25) is 0 Å². The number of nitrogens with zero attached hydrogens (tertiary/aromatic N) is 2. The predicted octanol–water partition coefficient (Wildman–Crippen LogP) is 16.1. The molecule has 0 N–H and O–H groups in total. The number of para-hydroxylation sites is 3. The summed E-state index contributed by atoms with van der Waals surface area (Å²) in [7, 11) is 0. The molecule has 0 bridgehead atoms. The van der Waals surface area contributed by atoms with Gasteiger partial charge in [0, 0.05) is 32.9 Å². The van der Waals surface area contributed by atoms with E-state index in [0.717, 1.165) is 41.4 Å². The molecule has 0 aliphatic heterocycles. The molecule has 2 nitrogen and oxygen atoms in total. The molecule has 0 spiro atoms. The van der Waals surface area contributed by atoms with Crippen molar-refractivity contribution in [3.05, 3.63) is 121 Å². The van der Waals surface area contributed by atoms with Gasteiger partial charge >= 0.3 is 0 Å². The lowest BCUT2D eigenvalue weighted by atomic mass is 9.43. The minimum Gasteiger partial charge on any atom is -0.307 e. The van der Waals surface area contributed by atoms with E-state index in [-0.39, 0.29) is 0 Å². The Labute approximate surface area is 353 Å². The van der Waals surface area contributed by atoms with Gasteiger partial charge in [0.2, 0.25) is 0 Å². The molecule has 4 fully saturated rings. The zero-order valence-electron chi connectivity index (χ0n) is 36.5. The first-order valence-electron chi connectivity index (χ1n) is 23.9. The molecule has 8 unspecified atom stereocenters. The summed E-state index contributed by atoms with van der Waals surface area (Å²) in [5.74, 6) is 7.10. The maximum Gasteiger partial charge on any atom is 0.0788 e. The van der Waals surface area contributed by atoms with Crippen molar-refractivity contribution in [2.45, 2.75) is 118 Å². The molecule has 5 aromatic carbocycles. The zero-order valence-corrected chi connectivity index (χ0v) is 36.5. The molecule has 9 atom stereocenters. The minimum absolute atomic E-state index is 0.521. The smallest absolute Gasteiger partial charge is 0.0788 e. The fraction of sp³-hybridized carbons (Fsp3) is 0.474. The normalized spacial score (nSPS) is 29.9. The average molecular weight is 779 g/mol. The van der Waals surface area contributed by atoms with E-state index in [2.05, 4.69) is 159 Å². The largest absolute Gasteiger partial charge is 0.307 e. The van der Waals surface area contributed by atoms with E-state index in [1.807, 2.05) is 0 Å². The summed E-state index contributed by atoms with van der Waals surface area (Å²) in [5, 5.41) is 5.23. The third-order valence-electron chi connectivity index (χ3n) is 18.0. The van der Waals surface area contributed by atoms with Crippen LogP contribution in [-0.2, 0) is 0 Å². The highest BCUT2D eigenvalue weighted by molar-refractivity contribution is 6.23. The van der Waals surface area contributed by atoms with Gasteiger partial charge in [0.1, 0.15) is 0 Å². The second kappa shape index (κ2) is 14.4. The molecule has 304 valence electrons. The van der Waals surface area contributed by atoms with Crippen LogP contribution in [0.4, 0.5) is 0 Å². The number of hydrogen-bond donors (Lipinski definition) is 0. The summed E-state index contributed by atoms with van der Waals surface area (Å²) in [4.78, 5) is 0. The Kier molecular flexibility index (Phi) is 9.21. The van der Waals surface area contributed by atoms with Crippen molar-refractivity contribution >= 4 is 43.6 Å². The third-order valence-corrected chi connectivity index (χ3v) is 18.0. The van der Waals surface area contributed by atoms with Crippen molar-refractivity contribution in [2.75, 3.05) is 0 Å². The standard InChI is InChI=1S/C57H66N2/c1-37(2)14-13-15-38(3)49-30-31-50-48-27-24-41-36-40(32-34-56(41,4)51(48)33-35-57(49,50)5)39-22-25-43(26-23-39)59-53-21-12-10-19-45(53)47-29-28-46-44-18-9-11-20-52(44)58(54(46)55(47)59)42-16-7-6-8-17-42/h6-12,16-23,25-26,28-29,37-38,40-41,48-51H,13-15,24,27,30-36H2,1-5H3/t38-,40?,41?,48?,49?,50?,51?,56?,57?/m1/s1. The number of fused-ring (bicyclic) bond motifs is 12. The molecule has 59 heavy (non-hydrogen) atoms. The fourth-order valence-electron chi connectivity index (χ4n) is 15.1. The van der Waals surface area contributed by atoms with E-state index in [1.165, 1.54) is 132 Å². The lowest BCUT2D eigenvalue weighted by molar-refractivity contribution is -0.117. The van der Waals surface area contributed by atoms with Gasteiger partial charge in [0.05, 0.1) is 22.1 Å². The maximum atomic E-state index is 2.77. The molecule has 4 aliphatic carbocycles. The van der Waals surface area contributed by atoms with Gasteiger partial charge in [-0.2, -0.15) is 0 Å². The molecule has 4 saturated carbocycles. The van der Waals surface area contributed by atoms with Crippen molar-refractivity contribution < 1.29 is 0 Å². The van der Waals surface area contributed by atoms with Gasteiger partial charge < -0.3 is 9.13 Å². The molecule has 2 heteroatoms. The van der Waals surface area contributed by atoms with Crippen LogP contribution in [0.25, 0.3) is 55.0 Å². The molecule has 2 heterocycles. The van der Waals surface area contributed by atoms with Crippen molar-refractivity contribution in [1.82, 2.24) is 9.13 Å². The van der Waals surface area contributed by atoms with Gasteiger partial charge in [-0.05, 0) is 158 Å². The Morgan fingerprint density at radius 3 is 1.80 bits per heavy atom. The quantitative estimate of drug-likeness (QED) is 0.145. The van der Waals surface area contributed by atoms with E-state index in [4.69, 9.17) is 0 Å². The summed E-state index contributed by atoms with van der Waals surface area (Å²) >= 11 is 0. The summed E-state index contributed by atoms with van der Waals surface area (Å²) in [6.07, 6.45) is 17.4. The van der Waals surface area contributed by atoms with Crippen LogP contribution in [0.5, 0.6) is 0 Å². The van der Waals surface area contributed by atoms with E-state index in [0.29, 0.717) is 16.7 Å². The summed E-state index contributed by atoms with van der Waals surface area (Å²) < 4.78 is 5.06. The first kappa shape index (κ1) is 37.7. The van der Waals surface area contributed by atoms with Crippen LogP contribution >= 0.6 is 0 Å². The first-order chi connectivity index (χ1) is 28.7. The molecule has 11 rings (SSSR count). The maximum absolute atomic E-state index is 2.77. The van der Waals surface area contributed by atoms with Gasteiger partial charge in [-0.1, -0.05) is 133 Å². The lowest BCUT2D eigenvalue weighted by Gasteiger charge is -2.61. The number of rotatable bonds is 8. The molecule has 2 aromatic heterocycles. The Balaban J connectivity index is 0.888. The third kappa shape index (κ3) is 5.85. The van der Waals surface area contributed by atoms with Crippen LogP contribution in [0, 0.1) is 52.3 Å². The van der Waals surface area contributed by atoms with Crippen LogP contribution in [0.3, 0.4) is 0 Å². The topological polar surface area (TPSA) is 9.86 Å². The van der Waals surface area contributed by atoms with Crippen LogP contribution < -0.4 is 0 Å². The van der Waals surface area contributed by atoms with E-state index in [1.54, 1.807) is 5.56 Å². The molecular formula is C57H66N2. The van der Waals surface area contributed by atoms with Crippen LogP contribution in [0.1, 0.15) is 123 Å². The number of hydrogen-bond acceptors (Lipinski definition) is 0. The molecule has 7 aromatic rings. The predicted molar refractivity (Wildman–Crippen MR) is 251 cm³/mol. The van der Waals surface area contributed by atoms with Crippen molar-refractivity contribution in [1.29, 1.82) is 0 Å². The molecular weight excluding hydrogens is 713 g/mol. The lowest BCUT2D eigenvalue weighted by Crippen LogP contribution is -2.53. The average Bonchev–Trinajstić information content (AvgIpc) is 3.91. The van der Waals surface area contributed by atoms with Crippen LogP contribution in [0.15, 0.2) is 115 Å². The molecule has 0 amide bonds. The van der Waals surface area contributed by atoms with Crippen molar-refractivity contribution in [3.63, 3.8) is 0 Å². The molecule has 0 radical (unpaired) electrons. The molecule has 4 aliphatic rings. The monoisotopic (exact) mass is 779 g/mol. The summed E-state index contributed by atoms with van der Waals surface area (Å²) in [6, 6.07) is 43.5. The number of aromatic nitrogens is 2. The Morgan fingerprint density at radius 2 is 1.14 bits per heavy atom. The zero-order chi connectivity index (χ0) is 40.0. The fourth-order valence-corrected chi connectivity index (χ4v) is 15.1. The highest BCUT2D eigenvalue weighted by atomic mass is 15.0. The van der Waals surface area contributed by atoms with Crippen LogP contribution in [-0.4, -0.2) is 9.13 Å². The van der Waals surface area contributed by atoms with E-state index in [9.17, 15) is 0 Å². The summed E-state index contributed by atoms with van der Waals surface area (Å²) in [5.41, 5.74) is 10.2. The van der Waals surface area contributed by atoms with Crippen LogP contribution in [0.2, 0.25) is 0 Å².